The van der Waals surface area contributed by atoms with Crippen LogP contribution in [0.15, 0.2) is 48.5 Å². The fourth-order valence-corrected chi connectivity index (χ4v) is 5.15. The Morgan fingerprint density at radius 2 is 1.81 bits per heavy atom. The van der Waals surface area contributed by atoms with Crippen LogP contribution in [-0.2, 0) is 12.8 Å². The van der Waals surface area contributed by atoms with Crippen LogP contribution >= 0.6 is 0 Å². The first-order valence-electron chi connectivity index (χ1n) is 11.2. The maximum atomic E-state index is 13.7. The first-order chi connectivity index (χ1) is 15.3. The predicted octanol–water partition coefficient (Wildman–Crippen LogP) is 4.11. The van der Waals surface area contributed by atoms with E-state index >= 15 is 0 Å². The van der Waals surface area contributed by atoms with Crippen LogP contribution in [0, 0.1) is 0 Å². The fraction of sp³-hybridized carbons (Fsp3) is 0.360. The molecule has 2 aliphatic heterocycles. The summed E-state index contributed by atoms with van der Waals surface area (Å²) in [5, 5.41) is 4.83. The molecule has 1 aromatic heterocycles. The number of hydrogen-bond donors (Lipinski definition) is 0. The number of benzene rings is 2. The van der Waals surface area contributed by atoms with Gasteiger partial charge in [-0.25, -0.2) is 4.68 Å². The van der Waals surface area contributed by atoms with Gasteiger partial charge >= 0.3 is 0 Å². The van der Waals surface area contributed by atoms with Gasteiger partial charge in [-0.3, -0.25) is 4.79 Å². The van der Waals surface area contributed by atoms with Gasteiger partial charge in [0.15, 0.2) is 17.2 Å². The summed E-state index contributed by atoms with van der Waals surface area (Å²) in [7, 11) is 0. The predicted molar refractivity (Wildman–Crippen MR) is 116 cm³/mol. The molecule has 1 aliphatic carbocycles. The minimum atomic E-state index is 0.0438. The van der Waals surface area contributed by atoms with Crippen LogP contribution in [0.2, 0.25) is 0 Å². The van der Waals surface area contributed by atoms with Gasteiger partial charge in [-0.05, 0) is 61.9 Å². The number of likely N-dealkylation sites (tertiary alicyclic amines) is 1. The van der Waals surface area contributed by atoms with Gasteiger partial charge in [0.2, 0.25) is 0 Å². The average Bonchev–Trinajstić information content (AvgIpc) is 3.55. The number of rotatable bonds is 3. The second-order valence-corrected chi connectivity index (χ2v) is 8.43. The number of carbonyl (C=O) groups is 1. The Kier molecular flexibility index (Phi) is 4.44. The highest BCUT2D eigenvalue weighted by Gasteiger charge is 2.36. The maximum absolute atomic E-state index is 13.7. The summed E-state index contributed by atoms with van der Waals surface area (Å²) < 4.78 is 13.4. The van der Waals surface area contributed by atoms with Crippen LogP contribution in [0.25, 0.3) is 5.69 Å². The van der Waals surface area contributed by atoms with Gasteiger partial charge < -0.3 is 14.4 Å². The van der Waals surface area contributed by atoms with E-state index in [1.54, 1.807) is 0 Å². The summed E-state index contributed by atoms with van der Waals surface area (Å²) >= 11 is 0. The monoisotopic (exact) mass is 415 g/mol. The van der Waals surface area contributed by atoms with E-state index in [2.05, 4.69) is 6.07 Å². The molecule has 1 amide bonds. The van der Waals surface area contributed by atoms with E-state index in [0.29, 0.717) is 18.9 Å². The molecule has 0 saturated carbocycles. The van der Waals surface area contributed by atoms with Crippen LogP contribution in [0.5, 0.6) is 11.5 Å². The maximum Gasteiger partial charge on any atom is 0.275 e. The van der Waals surface area contributed by atoms with E-state index in [0.717, 1.165) is 67.0 Å². The Morgan fingerprint density at radius 3 is 2.68 bits per heavy atom. The minimum absolute atomic E-state index is 0.0438. The molecule has 6 heteroatoms. The van der Waals surface area contributed by atoms with Crippen molar-refractivity contribution in [3.05, 3.63) is 71.0 Å². The molecule has 158 valence electrons. The zero-order valence-corrected chi connectivity index (χ0v) is 17.4. The average molecular weight is 415 g/mol. The Morgan fingerprint density at radius 1 is 0.968 bits per heavy atom. The Labute approximate surface area is 181 Å². The van der Waals surface area contributed by atoms with Gasteiger partial charge in [0.05, 0.1) is 11.7 Å². The number of ether oxygens (including phenoxy) is 2. The highest BCUT2D eigenvalue weighted by atomic mass is 16.6. The lowest BCUT2D eigenvalue weighted by atomic mass is 10.0. The molecule has 31 heavy (non-hydrogen) atoms. The fourth-order valence-electron chi connectivity index (χ4n) is 5.15. The zero-order valence-electron chi connectivity index (χ0n) is 17.4. The number of amides is 1. The van der Waals surface area contributed by atoms with E-state index in [1.807, 2.05) is 52.0 Å². The number of para-hydroxylation sites is 1. The van der Waals surface area contributed by atoms with Crippen LogP contribution in [0.4, 0.5) is 0 Å². The standard InChI is InChI=1S/C25H25N3O3/c29-25(24-19-8-4-9-21(19)28(26-24)18-6-2-1-3-7-18)27-13-5-10-20(27)17-11-12-22-23(16-17)31-15-14-30-22/h1-3,6-7,11-12,16,20H,4-5,8-10,13-15H2/t20-/m0/s1. The molecule has 0 unspecified atom stereocenters. The topological polar surface area (TPSA) is 56.6 Å². The van der Waals surface area contributed by atoms with Crippen LogP contribution in [0.1, 0.15) is 52.6 Å². The van der Waals surface area contributed by atoms with Gasteiger partial charge in [0.1, 0.15) is 13.2 Å². The van der Waals surface area contributed by atoms with Crippen LogP contribution in [0.3, 0.4) is 0 Å². The van der Waals surface area contributed by atoms with Gasteiger partial charge in [0, 0.05) is 17.8 Å². The third-order valence-corrected chi connectivity index (χ3v) is 6.60. The normalized spacial score (nSPS) is 19.5. The largest absolute Gasteiger partial charge is 0.486 e. The van der Waals surface area contributed by atoms with Crippen molar-refractivity contribution in [2.75, 3.05) is 19.8 Å². The Hall–Kier alpha value is -3.28. The van der Waals surface area contributed by atoms with Crippen LogP contribution in [-0.4, -0.2) is 40.3 Å². The van der Waals surface area contributed by atoms with E-state index < -0.39 is 0 Å². The third-order valence-electron chi connectivity index (χ3n) is 6.60. The van der Waals surface area contributed by atoms with Crippen molar-refractivity contribution < 1.29 is 14.3 Å². The molecule has 6 rings (SSSR count). The molecule has 2 aromatic carbocycles. The van der Waals surface area contributed by atoms with E-state index in [-0.39, 0.29) is 11.9 Å². The lowest BCUT2D eigenvalue weighted by Crippen LogP contribution is -2.31. The first kappa shape index (κ1) is 18.5. The highest BCUT2D eigenvalue weighted by molar-refractivity contribution is 5.95. The van der Waals surface area contributed by atoms with Crippen molar-refractivity contribution >= 4 is 5.91 Å². The minimum Gasteiger partial charge on any atom is -0.486 e. The number of carbonyl (C=O) groups excluding carboxylic acids is 1. The molecule has 1 atom stereocenters. The summed E-state index contributed by atoms with van der Waals surface area (Å²) in [6, 6.07) is 16.2. The summed E-state index contributed by atoms with van der Waals surface area (Å²) in [5.41, 5.74) is 5.06. The van der Waals surface area contributed by atoms with Crippen molar-refractivity contribution in [1.29, 1.82) is 0 Å². The molecule has 3 aromatic rings. The van der Waals surface area contributed by atoms with Crippen molar-refractivity contribution in [3.63, 3.8) is 0 Å². The molecule has 0 N–H and O–H groups in total. The smallest absolute Gasteiger partial charge is 0.275 e. The molecule has 0 spiro atoms. The zero-order chi connectivity index (χ0) is 20.8. The molecule has 0 bridgehead atoms. The van der Waals surface area contributed by atoms with E-state index in [9.17, 15) is 4.79 Å². The summed E-state index contributed by atoms with van der Waals surface area (Å²) in [5.74, 6) is 1.60. The SMILES string of the molecule is O=C(c1nn(-c2ccccc2)c2c1CCC2)N1CCC[C@H]1c1ccc2c(c1)OCCO2. The van der Waals surface area contributed by atoms with Crippen molar-refractivity contribution in [2.45, 2.75) is 38.1 Å². The van der Waals surface area contributed by atoms with Crippen molar-refractivity contribution in [3.8, 4) is 17.2 Å². The number of nitrogens with zero attached hydrogens (tertiary/aromatic N) is 3. The molecule has 3 heterocycles. The first-order valence-corrected chi connectivity index (χ1v) is 11.2. The number of fused-ring (bicyclic) bond motifs is 2. The summed E-state index contributed by atoms with van der Waals surface area (Å²) in [4.78, 5) is 15.7. The van der Waals surface area contributed by atoms with Gasteiger partial charge in [-0.1, -0.05) is 24.3 Å². The quantitative estimate of drug-likeness (QED) is 0.646. The second kappa shape index (κ2) is 7.45. The molecular formula is C25H25N3O3. The second-order valence-electron chi connectivity index (χ2n) is 8.43. The Balaban J connectivity index is 1.34. The molecule has 3 aliphatic rings. The molecule has 1 fully saturated rings. The Bertz CT molecular complexity index is 1140. The van der Waals surface area contributed by atoms with E-state index in [4.69, 9.17) is 14.6 Å². The lowest BCUT2D eigenvalue weighted by molar-refractivity contribution is 0.0727. The van der Waals surface area contributed by atoms with Crippen molar-refractivity contribution in [1.82, 2.24) is 14.7 Å². The third kappa shape index (κ3) is 3.09. The molecule has 1 saturated heterocycles. The number of aromatic nitrogens is 2. The van der Waals surface area contributed by atoms with Gasteiger partial charge in [-0.15, -0.1) is 0 Å². The van der Waals surface area contributed by atoms with Crippen molar-refractivity contribution in [2.24, 2.45) is 0 Å². The summed E-state index contributed by atoms with van der Waals surface area (Å²) in [6.45, 7) is 1.90. The van der Waals surface area contributed by atoms with Crippen LogP contribution < -0.4 is 9.47 Å². The molecule has 6 nitrogen and oxygen atoms in total. The lowest BCUT2D eigenvalue weighted by Gasteiger charge is -2.26. The number of hydrogen-bond acceptors (Lipinski definition) is 4. The summed E-state index contributed by atoms with van der Waals surface area (Å²) in [6.07, 6.45) is 4.91. The molecular weight excluding hydrogens is 390 g/mol. The highest BCUT2D eigenvalue weighted by Crippen LogP contribution is 2.39. The van der Waals surface area contributed by atoms with E-state index in [1.165, 1.54) is 5.69 Å². The molecule has 0 radical (unpaired) electrons. The van der Waals surface area contributed by atoms with Gasteiger partial charge in [0.25, 0.3) is 5.91 Å². The van der Waals surface area contributed by atoms with Gasteiger partial charge in [-0.2, -0.15) is 5.10 Å².